The topological polar surface area (TPSA) is 57.2 Å². The number of aliphatic hydroxyl groups is 1. The molecule has 0 radical (unpaired) electrons. The molecule has 10 heteroatoms. The number of hydrogen-bond donors (Lipinski definition) is 1. The third kappa shape index (κ3) is 10.5. The van der Waals surface area contributed by atoms with E-state index in [1.807, 2.05) is 19.6 Å². The summed E-state index contributed by atoms with van der Waals surface area (Å²) in [5.41, 5.74) is 0. The van der Waals surface area contributed by atoms with E-state index in [2.05, 4.69) is 52.8 Å². The van der Waals surface area contributed by atoms with Crippen molar-refractivity contribution in [2.75, 3.05) is 6.23 Å². The van der Waals surface area contributed by atoms with Crippen LogP contribution in [0.2, 0.25) is 71.5 Å². The van der Waals surface area contributed by atoms with E-state index in [9.17, 15) is 5.11 Å². The summed E-state index contributed by atoms with van der Waals surface area (Å²) in [6.45, 7) is 23.2. The molecule has 0 fully saturated rings. The summed E-state index contributed by atoms with van der Waals surface area (Å²) in [6.07, 6.45) is -0.0453. The second-order valence-corrected chi connectivity index (χ2v) is 28.9. The molecule has 0 bridgehead atoms. The van der Waals surface area contributed by atoms with Crippen molar-refractivity contribution in [2.24, 2.45) is 0 Å². The molecule has 5 nitrogen and oxygen atoms in total. The lowest BCUT2D eigenvalue weighted by atomic mass is 11.0. The van der Waals surface area contributed by atoms with Crippen molar-refractivity contribution >= 4 is 42.3 Å². The smallest absolute Gasteiger partial charge is 0.342 e. The molecular formula is C13H38O5Si5. The molecule has 0 aromatic rings. The number of rotatable bonds is 10. The van der Waals surface area contributed by atoms with E-state index in [1.165, 1.54) is 0 Å². The molecule has 0 saturated carbocycles. The van der Waals surface area contributed by atoms with Gasteiger partial charge in [0.1, 0.15) is 0 Å². The van der Waals surface area contributed by atoms with Crippen LogP contribution >= 0.6 is 0 Å². The van der Waals surface area contributed by atoms with Crippen molar-refractivity contribution in [2.45, 2.75) is 78.4 Å². The first kappa shape index (κ1) is 23.9. The van der Waals surface area contributed by atoms with Gasteiger partial charge in [-0.2, -0.15) is 0 Å². The molecule has 0 spiro atoms. The Morgan fingerprint density at radius 3 is 1.26 bits per heavy atom. The lowest BCUT2D eigenvalue weighted by Crippen LogP contribution is -2.61. The Morgan fingerprint density at radius 2 is 0.957 bits per heavy atom. The van der Waals surface area contributed by atoms with E-state index < -0.39 is 42.3 Å². The summed E-state index contributed by atoms with van der Waals surface area (Å²) in [6, 6.07) is 0.892. The standard InChI is InChI=1S/C13H38O5Si5/c1-12-22(10,15-19(2,3)4)17-21(8,9)18-23(11,13-14)16-20(5,6)7/h14H,12-13H2,1-11H3. The average Bonchev–Trinajstić information content (AvgIpc) is 2.21. The van der Waals surface area contributed by atoms with E-state index in [-0.39, 0.29) is 6.23 Å². The highest BCUT2D eigenvalue weighted by Crippen LogP contribution is 2.27. The molecule has 23 heavy (non-hydrogen) atoms. The van der Waals surface area contributed by atoms with Gasteiger partial charge in [-0.05, 0) is 71.5 Å². The van der Waals surface area contributed by atoms with Gasteiger partial charge in [0.05, 0.1) is 6.23 Å². The van der Waals surface area contributed by atoms with Gasteiger partial charge in [0, 0.05) is 0 Å². The van der Waals surface area contributed by atoms with Crippen LogP contribution in [0.1, 0.15) is 6.92 Å². The van der Waals surface area contributed by atoms with Gasteiger partial charge in [-0.1, -0.05) is 6.92 Å². The van der Waals surface area contributed by atoms with Crippen LogP contribution in [-0.2, 0) is 16.5 Å². The molecule has 0 aliphatic rings. The predicted octanol–water partition coefficient (Wildman–Crippen LogP) is 4.12. The first-order valence-corrected chi connectivity index (χ1v) is 23.0. The second-order valence-electron chi connectivity index (χ2n) is 8.81. The van der Waals surface area contributed by atoms with E-state index in [0.29, 0.717) is 0 Å². The van der Waals surface area contributed by atoms with Gasteiger partial charge in [-0.3, -0.25) is 0 Å². The highest BCUT2D eigenvalue weighted by atomic mass is 28.5. The maximum Gasteiger partial charge on any atom is 0.342 e. The van der Waals surface area contributed by atoms with Crippen LogP contribution in [0.25, 0.3) is 0 Å². The van der Waals surface area contributed by atoms with Gasteiger partial charge in [0.2, 0.25) is 0 Å². The van der Waals surface area contributed by atoms with Gasteiger partial charge in [0.15, 0.2) is 16.6 Å². The molecule has 2 unspecified atom stereocenters. The van der Waals surface area contributed by atoms with Crippen LogP contribution in [0.4, 0.5) is 0 Å². The van der Waals surface area contributed by atoms with Crippen LogP contribution in [0, 0.1) is 0 Å². The largest absolute Gasteiger partial charge is 0.437 e. The fraction of sp³-hybridized carbons (Fsp3) is 1.00. The third-order valence-electron chi connectivity index (χ3n) is 2.90. The Balaban J connectivity index is 5.16. The van der Waals surface area contributed by atoms with Crippen molar-refractivity contribution in [1.82, 2.24) is 0 Å². The lowest BCUT2D eigenvalue weighted by Gasteiger charge is -2.42. The first-order valence-electron chi connectivity index (χ1n) is 8.36. The SMILES string of the molecule is CC[Si](C)(O[Si](C)(C)C)O[Si](C)(C)O[Si](C)(CO)O[Si](C)(C)C. The average molecular weight is 415 g/mol. The Labute approximate surface area is 148 Å². The predicted molar refractivity (Wildman–Crippen MR) is 109 cm³/mol. The first-order chi connectivity index (χ1) is 9.95. The summed E-state index contributed by atoms with van der Waals surface area (Å²) >= 11 is 0. The molecule has 0 saturated heterocycles. The molecule has 1 N–H and O–H groups in total. The zero-order valence-corrected chi connectivity index (χ0v) is 22.0. The fourth-order valence-corrected chi connectivity index (χ4v) is 24.6. The van der Waals surface area contributed by atoms with Crippen molar-refractivity contribution < 1.29 is 21.6 Å². The van der Waals surface area contributed by atoms with Gasteiger partial charge in [0.25, 0.3) is 0 Å². The minimum Gasteiger partial charge on any atom is -0.437 e. The molecule has 0 rings (SSSR count). The van der Waals surface area contributed by atoms with E-state index in [0.717, 1.165) is 6.04 Å². The van der Waals surface area contributed by atoms with Gasteiger partial charge in [-0.15, -0.1) is 0 Å². The van der Waals surface area contributed by atoms with Crippen molar-refractivity contribution in [3.8, 4) is 0 Å². The zero-order chi connectivity index (χ0) is 18.7. The van der Waals surface area contributed by atoms with E-state index in [4.69, 9.17) is 16.5 Å². The molecule has 0 aliphatic carbocycles. The second kappa shape index (κ2) is 8.06. The normalized spacial score (nSPS) is 19.3. The van der Waals surface area contributed by atoms with Crippen molar-refractivity contribution in [1.29, 1.82) is 0 Å². The molecule has 0 amide bonds. The Bertz CT molecular complexity index is 348. The number of hydrogen-bond acceptors (Lipinski definition) is 5. The third-order valence-corrected chi connectivity index (χ3v) is 20.5. The summed E-state index contributed by atoms with van der Waals surface area (Å²) in [5, 5.41) is 9.84. The lowest BCUT2D eigenvalue weighted by molar-refractivity contribution is 0.248. The van der Waals surface area contributed by atoms with Gasteiger partial charge >= 0.3 is 25.7 Å². The minimum atomic E-state index is -2.63. The maximum absolute atomic E-state index is 9.84. The molecule has 0 aliphatic heterocycles. The van der Waals surface area contributed by atoms with Crippen LogP contribution in [0.3, 0.4) is 0 Å². The highest BCUT2D eigenvalue weighted by molar-refractivity contribution is 6.90. The zero-order valence-electron chi connectivity index (χ0n) is 17.0. The van der Waals surface area contributed by atoms with Crippen molar-refractivity contribution in [3.05, 3.63) is 0 Å². The highest BCUT2D eigenvalue weighted by Gasteiger charge is 2.47. The molecule has 0 aromatic carbocycles. The summed E-state index contributed by atoms with van der Waals surface area (Å²) < 4.78 is 25.4. The van der Waals surface area contributed by atoms with Gasteiger partial charge in [-0.25, -0.2) is 0 Å². The summed E-state index contributed by atoms with van der Waals surface area (Å²) in [7, 11) is -10.8. The Kier molecular flexibility index (Phi) is 8.37. The minimum absolute atomic E-state index is 0.0453. The molecule has 0 aromatic heterocycles. The monoisotopic (exact) mass is 414 g/mol. The summed E-state index contributed by atoms with van der Waals surface area (Å²) in [4.78, 5) is 0. The van der Waals surface area contributed by atoms with Crippen LogP contribution in [0.15, 0.2) is 0 Å². The van der Waals surface area contributed by atoms with Gasteiger partial charge < -0.3 is 21.6 Å². The molecule has 2 atom stereocenters. The molecular weight excluding hydrogens is 377 g/mol. The fourth-order valence-electron chi connectivity index (χ4n) is 2.61. The Morgan fingerprint density at radius 1 is 0.609 bits per heavy atom. The van der Waals surface area contributed by atoms with Crippen molar-refractivity contribution in [3.63, 3.8) is 0 Å². The van der Waals surface area contributed by atoms with E-state index in [1.54, 1.807) is 0 Å². The summed E-state index contributed by atoms with van der Waals surface area (Å²) in [5.74, 6) is 0. The maximum atomic E-state index is 9.84. The quantitative estimate of drug-likeness (QED) is 0.545. The van der Waals surface area contributed by atoms with Crippen LogP contribution < -0.4 is 0 Å². The Hall–Kier alpha value is 0.884. The molecule has 140 valence electrons. The number of aliphatic hydroxyl groups excluding tert-OH is 1. The van der Waals surface area contributed by atoms with Crippen LogP contribution in [-0.4, -0.2) is 53.7 Å². The molecule has 0 heterocycles. The van der Waals surface area contributed by atoms with Crippen LogP contribution in [0.5, 0.6) is 0 Å². The van der Waals surface area contributed by atoms with E-state index >= 15 is 0 Å².